The molecule has 1 heterocycles. The van der Waals surface area contributed by atoms with E-state index < -0.39 is 10.7 Å². The SMILES string of the molecule is COc1cccc2c1CCN(c1ccc([N+](=O)[O-])cc1F)C2. The molecule has 2 aromatic carbocycles. The average Bonchev–Trinajstić information content (AvgIpc) is 2.53. The van der Waals surface area contributed by atoms with Gasteiger partial charge in [-0.1, -0.05) is 12.1 Å². The third kappa shape index (κ3) is 2.47. The van der Waals surface area contributed by atoms with Gasteiger partial charge in [0.25, 0.3) is 5.69 Å². The lowest BCUT2D eigenvalue weighted by molar-refractivity contribution is -0.385. The van der Waals surface area contributed by atoms with E-state index in [1.54, 1.807) is 7.11 Å². The molecule has 1 aliphatic rings. The normalized spacial score (nSPS) is 13.6. The highest BCUT2D eigenvalue weighted by Gasteiger charge is 2.22. The van der Waals surface area contributed by atoms with Gasteiger partial charge in [-0.25, -0.2) is 4.39 Å². The van der Waals surface area contributed by atoms with E-state index in [4.69, 9.17) is 4.74 Å². The smallest absolute Gasteiger partial charge is 0.272 e. The largest absolute Gasteiger partial charge is 0.496 e. The number of ether oxygens (including phenoxy) is 1. The first-order valence-electron chi connectivity index (χ1n) is 6.94. The van der Waals surface area contributed by atoms with Gasteiger partial charge in [0.05, 0.1) is 23.8 Å². The van der Waals surface area contributed by atoms with Gasteiger partial charge in [0.2, 0.25) is 0 Å². The number of hydrogen-bond donors (Lipinski definition) is 0. The number of halogens is 1. The van der Waals surface area contributed by atoms with Crippen LogP contribution >= 0.6 is 0 Å². The van der Waals surface area contributed by atoms with E-state index in [0.29, 0.717) is 18.8 Å². The van der Waals surface area contributed by atoms with Crippen molar-refractivity contribution in [2.75, 3.05) is 18.6 Å². The summed E-state index contributed by atoms with van der Waals surface area (Å²) in [7, 11) is 1.64. The fraction of sp³-hybridized carbons (Fsp3) is 0.250. The number of fused-ring (bicyclic) bond motifs is 1. The number of anilines is 1. The second kappa shape index (κ2) is 5.63. The summed E-state index contributed by atoms with van der Waals surface area (Å²) in [5, 5.41) is 10.7. The first-order chi connectivity index (χ1) is 10.6. The van der Waals surface area contributed by atoms with Gasteiger partial charge in [-0.05, 0) is 24.1 Å². The van der Waals surface area contributed by atoms with E-state index in [-0.39, 0.29) is 5.69 Å². The quantitative estimate of drug-likeness (QED) is 0.645. The minimum atomic E-state index is -0.594. The lowest BCUT2D eigenvalue weighted by Crippen LogP contribution is -2.31. The van der Waals surface area contributed by atoms with E-state index >= 15 is 0 Å². The van der Waals surface area contributed by atoms with Crippen LogP contribution in [-0.2, 0) is 13.0 Å². The maximum Gasteiger partial charge on any atom is 0.272 e. The van der Waals surface area contributed by atoms with Crippen molar-refractivity contribution >= 4 is 11.4 Å². The molecule has 0 amide bonds. The Morgan fingerprint density at radius 1 is 1.32 bits per heavy atom. The molecule has 0 aliphatic carbocycles. The number of nitrogens with zero attached hydrogens (tertiary/aromatic N) is 2. The second-order valence-corrected chi connectivity index (χ2v) is 5.16. The van der Waals surface area contributed by atoms with Crippen molar-refractivity contribution in [3.05, 3.63) is 63.5 Å². The molecule has 114 valence electrons. The predicted octanol–water partition coefficient (Wildman–Crippen LogP) is 3.31. The Kier molecular flexibility index (Phi) is 3.66. The van der Waals surface area contributed by atoms with E-state index in [2.05, 4.69) is 0 Å². The lowest BCUT2D eigenvalue weighted by Gasteiger charge is -2.31. The number of hydrogen-bond acceptors (Lipinski definition) is 4. The van der Waals surface area contributed by atoms with Crippen molar-refractivity contribution in [3.63, 3.8) is 0 Å². The van der Waals surface area contributed by atoms with Gasteiger partial charge >= 0.3 is 0 Å². The second-order valence-electron chi connectivity index (χ2n) is 5.16. The Labute approximate surface area is 127 Å². The molecule has 0 N–H and O–H groups in total. The molecule has 0 saturated carbocycles. The summed E-state index contributed by atoms with van der Waals surface area (Å²) < 4.78 is 19.5. The van der Waals surface area contributed by atoms with Crippen LogP contribution in [0.5, 0.6) is 5.75 Å². The Hall–Kier alpha value is -2.63. The van der Waals surface area contributed by atoms with Crippen molar-refractivity contribution in [1.29, 1.82) is 0 Å². The molecule has 1 aliphatic heterocycles. The molecule has 6 heteroatoms. The van der Waals surface area contributed by atoms with E-state index in [0.717, 1.165) is 29.4 Å². The van der Waals surface area contributed by atoms with Crippen LogP contribution in [0.3, 0.4) is 0 Å². The number of nitro groups is 1. The molecule has 5 nitrogen and oxygen atoms in total. The molecule has 0 radical (unpaired) electrons. The van der Waals surface area contributed by atoms with Gasteiger partial charge in [-0.3, -0.25) is 10.1 Å². The third-order valence-corrected chi connectivity index (χ3v) is 3.93. The molecule has 0 bridgehead atoms. The van der Waals surface area contributed by atoms with Crippen molar-refractivity contribution in [1.82, 2.24) is 0 Å². The minimum absolute atomic E-state index is 0.236. The molecule has 0 unspecified atom stereocenters. The topological polar surface area (TPSA) is 55.6 Å². The van der Waals surface area contributed by atoms with Gasteiger partial charge in [0, 0.05) is 24.7 Å². The van der Waals surface area contributed by atoms with Gasteiger partial charge in [0.1, 0.15) is 5.75 Å². The standard InChI is InChI=1S/C16H15FN2O3/c1-22-16-4-2-3-11-10-18(8-7-13(11)16)15-6-5-12(19(20)21)9-14(15)17/h2-6,9H,7-8,10H2,1H3. The first-order valence-corrected chi connectivity index (χ1v) is 6.94. The Bertz CT molecular complexity index is 733. The van der Waals surface area contributed by atoms with Crippen LogP contribution in [0.15, 0.2) is 36.4 Å². The molecule has 22 heavy (non-hydrogen) atoms. The number of benzene rings is 2. The summed E-state index contributed by atoms with van der Waals surface area (Å²) in [5.74, 6) is 0.280. The van der Waals surface area contributed by atoms with E-state index in [1.165, 1.54) is 12.1 Å². The van der Waals surface area contributed by atoms with Gasteiger partial charge in [-0.2, -0.15) is 0 Å². The van der Waals surface area contributed by atoms with Crippen molar-refractivity contribution < 1.29 is 14.1 Å². The third-order valence-electron chi connectivity index (χ3n) is 3.93. The molecule has 0 aromatic heterocycles. The molecular weight excluding hydrogens is 287 g/mol. The van der Waals surface area contributed by atoms with E-state index in [1.807, 2.05) is 23.1 Å². The molecule has 0 atom stereocenters. The molecule has 3 rings (SSSR count). The monoisotopic (exact) mass is 302 g/mol. The molecule has 0 spiro atoms. The van der Waals surface area contributed by atoms with Crippen LogP contribution in [-0.4, -0.2) is 18.6 Å². The lowest BCUT2D eigenvalue weighted by atomic mass is 9.98. The zero-order valence-electron chi connectivity index (χ0n) is 12.1. The summed E-state index contributed by atoms with van der Waals surface area (Å²) >= 11 is 0. The van der Waals surface area contributed by atoms with Gasteiger partial charge < -0.3 is 9.64 Å². The summed E-state index contributed by atoms with van der Waals surface area (Å²) in [4.78, 5) is 12.0. The van der Waals surface area contributed by atoms with Crippen LogP contribution in [0.25, 0.3) is 0 Å². The molecule has 2 aromatic rings. The summed E-state index contributed by atoms with van der Waals surface area (Å²) in [6.45, 7) is 1.20. The highest BCUT2D eigenvalue weighted by atomic mass is 19.1. The van der Waals surface area contributed by atoms with Gasteiger partial charge in [0.15, 0.2) is 5.82 Å². The number of nitro benzene ring substituents is 1. The summed E-state index contributed by atoms with van der Waals surface area (Å²) in [5.41, 5.74) is 2.38. The Morgan fingerprint density at radius 2 is 2.14 bits per heavy atom. The van der Waals surface area contributed by atoms with Gasteiger partial charge in [-0.15, -0.1) is 0 Å². The Balaban J connectivity index is 1.90. The van der Waals surface area contributed by atoms with Crippen molar-refractivity contribution in [3.8, 4) is 5.75 Å². The maximum absolute atomic E-state index is 14.1. The fourth-order valence-electron chi connectivity index (χ4n) is 2.84. The van der Waals surface area contributed by atoms with Crippen LogP contribution in [0, 0.1) is 15.9 Å². The van der Waals surface area contributed by atoms with Crippen LogP contribution in [0.4, 0.5) is 15.8 Å². The molecule has 0 fully saturated rings. The van der Waals surface area contributed by atoms with Crippen LogP contribution in [0.1, 0.15) is 11.1 Å². The highest BCUT2D eigenvalue weighted by Crippen LogP contribution is 2.32. The number of non-ortho nitro benzene ring substituents is 1. The first kappa shape index (κ1) is 14.3. The maximum atomic E-state index is 14.1. The number of methoxy groups -OCH3 is 1. The van der Waals surface area contributed by atoms with Crippen LogP contribution < -0.4 is 9.64 Å². The van der Waals surface area contributed by atoms with E-state index in [9.17, 15) is 14.5 Å². The summed E-state index contributed by atoms with van der Waals surface area (Å²) in [6, 6.07) is 9.59. The Morgan fingerprint density at radius 3 is 2.82 bits per heavy atom. The fourth-order valence-corrected chi connectivity index (χ4v) is 2.84. The predicted molar refractivity (Wildman–Crippen MR) is 80.8 cm³/mol. The summed E-state index contributed by atoms with van der Waals surface area (Å²) in [6.07, 6.45) is 0.746. The average molecular weight is 302 g/mol. The molecule has 0 saturated heterocycles. The highest BCUT2D eigenvalue weighted by molar-refractivity contribution is 5.55. The van der Waals surface area contributed by atoms with Crippen LogP contribution in [0.2, 0.25) is 0 Å². The zero-order valence-corrected chi connectivity index (χ0v) is 12.1. The minimum Gasteiger partial charge on any atom is -0.496 e. The zero-order chi connectivity index (χ0) is 15.7. The van der Waals surface area contributed by atoms with Crippen molar-refractivity contribution in [2.24, 2.45) is 0 Å². The van der Waals surface area contributed by atoms with Crippen molar-refractivity contribution in [2.45, 2.75) is 13.0 Å². The number of rotatable bonds is 3. The molecular formula is C16H15FN2O3.